The van der Waals surface area contributed by atoms with Gasteiger partial charge in [-0.25, -0.2) is 4.98 Å². The number of nitrogen functional groups attached to an aromatic ring is 1. The summed E-state index contributed by atoms with van der Waals surface area (Å²) in [6.07, 6.45) is 5.48. The van der Waals surface area contributed by atoms with E-state index in [1.807, 2.05) is 36.1 Å². The van der Waals surface area contributed by atoms with Crippen LogP contribution in [0.1, 0.15) is 11.3 Å². The number of nitrogens with zero attached hydrogens (tertiary/aromatic N) is 3. The van der Waals surface area contributed by atoms with Crippen LogP contribution in [0, 0.1) is 0 Å². The topological polar surface area (TPSA) is 56.7 Å². The van der Waals surface area contributed by atoms with Gasteiger partial charge in [0.05, 0.1) is 5.69 Å². The van der Waals surface area contributed by atoms with Crippen LogP contribution in [-0.4, -0.2) is 14.5 Å². The Balaban J connectivity index is 2.11. The fourth-order valence-corrected chi connectivity index (χ4v) is 2.25. The molecule has 4 nitrogen and oxygen atoms in total. The smallest absolute Gasteiger partial charge is 0.201 e. The van der Waals surface area contributed by atoms with E-state index in [2.05, 4.69) is 25.9 Å². The first kappa shape index (κ1) is 11.1. The molecule has 16 heavy (non-hydrogen) atoms. The molecule has 0 unspecified atom stereocenters. The Bertz CT molecular complexity index is 478. The second-order valence-corrected chi connectivity index (χ2v) is 4.37. The molecular formula is C11H13BrN4. The van der Waals surface area contributed by atoms with Crippen LogP contribution in [0.25, 0.3) is 0 Å². The van der Waals surface area contributed by atoms with E-state index >= 15 is 0 Å². The van der Waals surface area contributed by atoms with Gasteiger partial charge in [-0.1, -0.05) is 0 Å². The first-order chi connectivity index (χ1) is 7.68. The van der Waals surface area contributed by atoms with Crippen LogP contribution in [0.5, 0.6) is 0 Å². The third kappa shape index (κ3) is 2.24. The zero-order chi connectivity index (χ0) is 11.5. The molecule has 2 rings (SSSR count). The third-order valence-electron chi connectivity index (χ3n) is 2.60. The second kappa shape index (κ2) is 4.65. The SMILES string of the molecule is Cn1c(N)nc(Br)c1CCc1ccncc1. The number of halogens is 1. The maximum atomic E-state index is 5.72. The number of pyridine rings is 1. The molecule has 2 aromatic heterocycles. The number of rotatable bonds is 3. The Morgan fingerprint density at radius 3 is 2.56 bits per heavy atom. The van der Waals surface area contributed by atoms with E-state index < -0.39 is 0 Å². The van der Waals surface area contributed by atoms with Crippen LogP contribution >= 0.6 is 15.9 Å². The largest absolute Gasteiger partial charge is 0.369 e. The van der Waals surface area contributed by atoms with Crippen molar-refractivity contribution in [3.8, 4) is 0 Å². The van der Waals surface area contributed by atoms with Crippen molar-refractivity contribution >= 4 is 21.9 Å². The average molecular weight is 281 g/mol. The Labute approximate surface area is 103 Å². The van der Waals surface area contributed by atoms with Gasteiger partial charge in [-0.05, 0) is 46.5 Å². The number of nitrogens with two attached hydrogens (primary N) is 1. The minimum atomic E-state index is 0.539. The van der Waals surface area contributed by atoms with Crippen molar-refractivity contribution in [2.24, 2.45) is 7.05 Å². The molecule has 0 radical (unpaired) electrons. The molecule has 0 bridgehead atoms. The highest BCUT2D eigenvalue weighted by molar-refractivity contribution is 9.10. The van der Waals surface area contributed by atoms with Crippen molar-refractivity contribution in [3.63, 3.8) is 0 Å². The lowest BCUT2D eigenvalue weighted by Crippen LogP contribution is -2.03. The van der Waals surface area contributed by atoms with E-state index in [1.54, 1.807) is 0 Å². The Morgan fingerprint density at radius 2 is 2.00 bits per heavy atom. The van der Waals surface area contributed by atoms with E-state index in [0.717, 1.165) is 23.1 Å². The fraction of sp³-hybridized carbons (Fsp3) is 0.273. The first-order valence-electron chi connectivity index (χ1n) is 5.04. The molecule has 2 heterocycles. The van der Waals surface area contributed by atoms with Crippen LogP contribution in [0.2, 0.25) is 0 Å². The van der Waals surface area contributed by atoms with Crippen LogP contribution in [0.4, 0.5) is 5.95 Å². The number of anilines is 1. The Morgan fingerprint density at radius 1 is 1.31 bits per heavy atom. The monoisotopic (exact) mass is 280 g/mol. The maximum Gasteiger partial charge on any atom is 0.201 e. The predicted molar refractivity (Wildman–Crippen MR) is 67.0 cm³/mol. The van der Waals surface area contributed by atoms with Crippen molar-refractivity contribution in [1.82, 2.24) is 14.5 Å². The molecule has 0 saturated heterocycles. The number of aromatic nitrogens is 3. The molecule has 0 atom stereocenters. The maximum absolute atomic E-state index is 5.72. The van der Waals surface area contributed by atoms with Gasteiger partial charge in [0.25, 0.3) is 0 Å². The van der Waals surface area contributed by atoms with E-state index in [4.69, 9.17) is 5.73 Å². The molecular weight excluding hydrogens is 268 g/mol. The van der Waals surface area contributed by atoms with Gasteiger partial charge in [0.2, 0.25) is 5.95 Å². The highest BCUT2D eigenvalue weighted by Gasteiger charge is 2.09. The lowest BCUT2D eigenvalue weighted by Gasteiger charge is -2.04. The van der Waals surface area contributed by atoms with Gasteiger partial charge in [0, 0.05) is 19.4 Å². The normalized spacial score (nSPS) is 10.6. The van der Waals surface area contributed by atoms with Crippen molar-refractivity contribution in [1.29, 1.82) is 0 Å². The summed E-state index contributed by atoms with van der Waals surface area (Å²) in [4.78, 5) is 8.16. The summed E-state index contributed by atoms with van der Waals surface area (Å²) in [5.74, 6) is 0.539. The van der Waals surface area contributed by atoms with Crippen LogP contribution in [-0.2, 0) is 19.9 Å². The number of hydrogen-bond acceptors (Lipinski definition) is 3. The van der Waals surface area contributed by atoms with Gasteiger partial charge in [0.1, 0.15) is 4.60 Å². The molecule has 0 spiro atoms. The Hall–Kier alpha value is -1.36. The summed E-state index contributed by atoms with van der Waals surface area (Å²) in [6.45, 7) is 0. The number of aryl methyl sites for hydroxylation is 1. The minimum absolute atomic E-state index is 0.539. The van der Waals surface area contributed by atoms with Crippen LogP contribution in [0.3, 0.4) is 0 Å². The van der Waals surface area contributed by atoms with E-state index in [9.17, 15) is 0 Å². The van der Waals surface area contributed by atoms with Gasteiger partial charge >= 0.3 is 0 Å². The number of hydrogen-bond donors (Lipinski definition) is 1. The predicted octanol–water partition coefficient (Wildman–Crippen LogP) is 1.94. The van der Waals surface area contributed by atoms with Crippen LogP contribution < -0.4 is 5.73 Å². The molecule has 0 aromatic carbocycles. The first-order valence-corrected chi connectivity index (χ1v) is 5.83. The highest BCUT2D eigenvalue weighted by atomic mass is 79.9. The summed E-state index contributed by atoms with van der Waals surface area (Å²) in [5, 5.41) is 0. The van der Waals surface area contributed by atoms with Gasteiger partial charge in [0.15, 0.2) is 0 Å². The molecule has 5 heteroatoms. The van der Waals surface area contributed by atoms with E-state index in [-0.39, 0.29) is 0 Å². The quantitative estimate of drug-likeness (QED) is 0.935. The van der Waals surface area contributed by atoms with Gasteiger partial charge < -0.3 is 10.3 Å². The van der Waals surface area contributed by atoms with Crippen molar-refractivity contribution in [2.45, 2.75) is 12.8 Å². The molecule has 2 N–H and O–H groups in total. The second-order valence-electron chi connectivity index (χ2n) is 3.62. The zero-order valence-corrected chi connectivity index (χ0v) is 10.6. The van der Waals surface area contributed by atoms with Crippen LogP contribution in [0.15, 0.2) is 29.1 Å². The molecule has 84 valence electrons. The Kier molecular flexibility index (Phi) is 3.24. The lowest BCUT2D eigenvalue weighted by molar-refractivity contribution is 0.803. The van der Waals surface area contributed by atoms with E-state index in [1.165, 1.54) is 5.56 Å². The minimum Gasteiger partial charge on any atom is -0.369 e. The molecule has 0 aliphatic carbocycles. The zero-order valence-electron chi connectivity index (χ0n) is 9.02. The summed E-state index contributed by atoms with van der Waals surface area (Å²) in [6, 6.07) is 4.04. The summed E-state index contributed by atoms with van der Waals surface area (Å²) < 4.78 is 2.74. The highest BCUT2D eigenvalue weighted by Crippen LogP contribution is 2.19. The summed E-state index contributed by atoms with van der Waals surface area (Å²) >= 11 is 3.42. The van der Waals surface area contributed by atoms with Gasteiger partial charge in [-0.2, -0.15) is 0 Å². The number of imidazole rings is 1. The molecule has 2 aromatic rings. The van der Waals surface area contributed by atoms with Gasteiger partial charge in [-0.15, -0.1) is 0 Å². The van der Waals surface area contributed by atoms with Crippen molar-refractivity contribution in [2.75, 3.05) is 5.73 Å². The average Bonchev–Trinajstić information content (AvgIpc) is 2.53. The molecule has 0 aliphatic heterocycles. The van der Waals surface area contributed by atoms with Crippen molar-refractivity contribution in [3.05, 3.63) is 40.4 Å². The molecule has 0 fully saturated rings. The molecule has 0 saturated carbocycles. The molecule has 0 amide bonds. The fourth-order valence-electron chi connectivity index (χ4n) is 1.60. The third-order valence-corrected chi connectivity index (χ3v) is 3.23. The molecule has 0 aliphatic rings. The van der Waals surface area contributed by atoms with Crippen molar-refractivity contribution < 1.29 is 0 Å². The summed E-state index contributed by atoms with van der Waals surface area (Å²) in [5.41, 5.74) is 8.11. The standard InChI is InChI=1S/C11H13BrN4/c1-16-9(10(12)15-11(16)13)3-2-8-4-6-14-7-5-8/h4-7H,2-3H2,1H3,(H2,13,15). The lowest BCUT2D eigenvalue weighted by atomic mass is 10.1. The van der Waals surface area contributed by atoms with E-state index in [0.29, 0.717) is 5.95 Å². The van der Waals surface area contributed by atoms with Gasteiger partial charge in [-0.3, -0.25) is 4.98 Å². The summed E-state index contributed by atoms with van der Waals surface area (Å²) in [7, 11) is 1.93.